The zero-order valence-electron chi connectivity index (χ0n) is 12.7. The molecule has 112 valence electrons. The molecule has 1 aromatic rings. The third-order valence-electron chi connectivity index (χ3n) is 3.26. The Labute approximate surface area is 120 Å². The number of halogens is 1. The molecule has 0 saturated heterocycles. The van der Waals surface area contributed by atoms with Crippen molar-refractivity contribution < 1.29 is 9.18 Å². The molecule has 0 aliphatic heterocycles. The number of benzene rings is 1. The first-order valence-electron chi connectivity index (χ1n) is 7.12. The highest BCUT2D eigenvalue weighted by Crippen LogP contribution is 2.22. The van der Waals surface area contributed by atoms with Crippen LogP contribution < -0.4 is 11.1 Å². The lowest BCUT2D eigenvalue weighted by molar-refractivity contribution is -0.123. The Bertz CT molecular complexity index is 429. The number of rotatable bonds is 6. The monoisotopic (exact) mass is 280 g/mol. The third kappa shape index (κ3) is 4.93. The predicted molar refractivity (Wildman–Crippen MR) is 79.6 cm³/mol. The Morgan fingerprint density at radius 1 is 1.20 bits per heavy atom. The number of amides is 1. The van der Waals surface area contributed by atoms with Crippen LogP contribution in [0.25, 0.3) is 0 Å². The van der Waals surface area contributed by atoms with Crippen molar-refractivity contribution in [2.75, 3.05) is 0 Å². The van der Waals surface area contributed by atoms with E-state index in [2.05, 4.69) is 5.32 Å². The molecule has 0 aliphatic carbocycles. The number of carbonyl (C=O) groups excluding carboxylic acids is 1. The quantitative estimate of drug-likeness (QED) is 0.841. The average molecular weight is 280 g/mol. The van der Waals surface area contributed by atoms with Gasteiger partial charge < -0.3 is 11.1 Å². The minimum Gasteiger partial charge on any atom is -0.348 e. The molecule has 2 atom stereocenters. The SMILES string of the molecule is CC(C)C[C@@H](N)C(=O)NC(c1ccc(F)cc1)C(C)C. The molecule has 0 aliphatic rings. The summed E-state index contributed by atoms with van der Waals surface area (Å²) in [6, 6.07) is 5.57. The van der Waals surface area contributed by atoms with E-state index in [4.69, 9.17) is 5.73 Å². The Morgan fingerprint density at radius 3 is 2.20 bits per heavy atom. The standard InChI is InChI=1S/C16H25FN2O/c1-10(2)9-14(18)16(20)19-15(11(3)4)12-5-7-13(17)8-6-12/h5-8,10-11,14-15H,9,18H2,1-4H3,(H,19,20)/t14-,15?/m1/s1. The summed E-state index contributed by atoms with van der Waals surface area (Å²) < 4.78 is 13.0. The van der Waals surface area contributed by atoms with Gasteiger partial charge in [-0.3, -0.25) is 4.79 Å². The lowest BCUT2D eigenvalue weighted by atomic mass is 9.95. The maximum atomic E-state index is 13.0. The number of carbonyl (C=O) groups is 1. The van der Waals surface area contributed by atoms with Crippen molar-refractivity contribution in [1.29, 1.82) is 0 Å². The van der Waals surface area contributed by atoms with E-state index >= 15 is 0 Å². The van der Waals surface area contributed by atoms with E-state index in [1.54, 1.807) is 12.1 Å². The summed E-state index contributed by atoms with van der Waals surface area (Å²) in [4.78, 5) is 12.1. The van der Waals surface area contributed by atoms with E-state index in [9.17, 15) is 9.18 Å². The summed E-state index contributed by atoms with van der Waals surface area (Å²) in [5.74, 6) is 0.149. The van der Waals surface area contributed by atoms with Gasteiger partial charge in [0.25, 0.3) is 0 Å². The maximum absolute atomic E-state index is 13.0. The van der Waals surface area contributed by atoms with Crippen molar-refractivity contribution in [1.82, 2.24) is 5.32 Å². The van der Waals surface area contributed by atoms with Crippen LogP contribution in [0, 0.1) is 17.7 Å². The molecule has 0 fully saturated rings. The van der Waals surface area contributed by atoms with Gasteiger partial charge >= 0.3 is 0 Å². The normalized spacial score (nSPS) is 14.4. The minimum atomic E-state index is -0.503. The Kier molecular flexibility index (Phi) is 6.14. The lowest BCUT2D eigenvalue weighted by Gasteiger charge is -2.25. The van der Waals surface area contributed by atoms with Crippen LogP contribution >= 0.6 is 0 Å². The zero-order chi connectivity index (χ0) is 15.3. The van der Waals surface area contributed by atoms with Gasteiger partial charge in [0.15, 0.2) is 0 Å². The second-order valence-electron chi connectivity index (χ2n) is 6.02. The Morgan fingerprint density at radius 2 is 1.75 bits per heavy atom. The molecule has 0 aromatic heterocycles. The molecule has 0 saturated carbocycles. The molecule has 3 N–H and O–H groups in total. The van der Waals surface area contributed by atoms with Gasteiger partial charge in [-0.15, -0.1) is 0 Å². The Hall–Kier alpha value is -1.42. The van der Waals surface area contributed by atoms with E-state index < -0.39 is 6.04 Å². The van der Waals surface area contributed by atoms with Crippen LogP contribution in [-0.2, 0) is 4.79 Å². The molecule has 1 rings (SSSR count). The maximum Gasteiger partial charge on any atom is 0.237 e. The summed E-state index contributed by atoms with van der Waals surface area (Å²) in [6.07, 6.45) is 0.653. The molecule has 4 heteroatoms. The summed E-state index contributed by atoms with van der Waals surface area (Å²) in [5, 5.41) is 2.97. The molecule has 1 aromatic carbocycles. The molecule has 0 radical (unpaired) electrons. The first-order chi connectivity index (χ1) is 9.31. The van der Waals surface area contributed by atoms with E-state index in [-0.39, 0.29) is 23.7 Å². The molecule has 0 bridgehead atoms. The number of nitrogens with one attached hydrogen (secondary N) is 1. The number of nitrogens with two attached hydrogens (primary N) is 1. The van der Waals surface area contributed by atoms with Gasteiger partial charge in [-0.1, -0.05) is 39.8 Å². The van der Waals surface area contributed by atoms with Gasteiger partial charge in [0.1, 0.15) is 5.82 Å². The summed E-state index contributed by atoms with van der Waals surface area (Å²) in [6.45, 7) is 8.10. The summed E-state index contributed by atoms with van der Waals surface area (Å²) in [5.41, 5.74) is 6.79. The molecule has 20 heavy (non-hydrogen) atoms. The van der Waals surface area contributed by atoms with E-state index in [0.717, 1.165) is 5.56 Å². The second kappa shape index (κ2) is 7.39. The van der Waals surface area contributed by atoms with Crippen LogP contribution in [0.5, 0.6) is 0 Å². The number of hydrogen-bond donors (Lipinski definition) is 2. The topological polar surface area (TPSA) is 55.1 Å². The van der Waals surface area contributed by atoms with Crippen LogP contribution in [0.3, 0.4) is 0 Å². The van der Waals surface area contributed by atoms with Gasteiger partial charge in [-0.05, 0) is 36.0 Å². The van der Waals surface area contributed by atoms with Crippen LogP contribution in [0.1, 0.15) is 45.7 Å². The van der Waals surface area contributed by atoms with Crippen LogP contribution in [-0.4, -0.2) is 11.9 Å². The lowest BCUT2D eigenvalue weighted by Crippen LogP contribution is -2.44. The van der Waals surface area contributed by atoms with E-state index in [1.807, 2.05) is 27.7 Å². The molecule has 1 amide bonds. The first kappa shape index (κ1) is 16.6. The highest BCUT2D eigenvalue weighted by molar-refractivity contribution is 5.81. The van der Waals surface area contributed by atoms with Gasteiger partial charge in [0.2, 0.25) is 5.91 Å². The highest BCUT2D eigenvalue weighted by Gasteiger charge is 2.22. The predicted octanol–water partition coefficient (Wildman–Crippen LogP) is 3.01. The fourth-order valence-corrected chi connectivity index (χ4v) is 2.18. The second-order valence-corrected chi connectivity index (χ2v) is 6.02. The van der Waals surface area contributed by atoms with Crippen LogP contribution in [0.15, 0.2) is 24.3 Å². The van der Waals surface area contributed by atoms with Crippen LogP contribution in [0.2, 0.25) is 0 Å². The van der Waals surface area contributed by atoms with Crippen molar-refractivity contribution in [2.45, 2.75) is 46.2 Å². The number of hydrogen-bond acceptors (Lipinski definition) is 2. The van der Waals surface area contributed by atoms with E-state index in [0.29, 0.717) is 12.3 Å². The van der Waals surface area contributed by atoms with Gasteiger partial charge in [0.05, 0.1) is 12.1 Å². The third-order valence-corrected chi connectivity index (χ3v) is 3.26. The van der Waals surface area contributed by atoms with Crippen molar-refractivity contribution in [3.8, 4) is 0 Å². The fraction of sp³-hybridized carbons (Fsp3) is 0.562. The molecular formula is C16H25FN2O. The van der Waals surface area contributed by atoms with Gasteiger partial charge in [-0.2, -0.15) is 0 Å². The van der Waals surface area contributed by atoms with Gasteiger partial charge in [0, 0.05) is 0 Å². The molecular weight excluding hydrogens is 255 g/mol. The fourth-order valence-electron chi connectivity index (χ4n) is 2.18. The Balaban J connectivity index is 2.77. The molecule has 0 heterocycles. The largest absolute Gasteiger partial charge is 0.348 e. The van der Waals surface area contributed by atoms with Crippen LogP contribution in [0.4, 0.5) is 4.39 Å². The molecule has 1 unspecified atom stereocenters. The summed E-state index contributed by atoms with van der Waals surface area (Å²) in [7, 11) is 0. The summed E-state index contributed by atoms with van der Waals surface area (Å²) >= 11 is 0. The van der Waals surface area contributed by atoms with Crippen molar-refractivity contribution in [2.24, 2.45) is 17.6 Å². The molecule has 0 spiro atoms. The van der Waals surface area contributed by atoms with Crippen molar-refractivity contribution >= 4 is 5.91 Å². The minimum absolute atomic E-state index is 0.151. The average Bonchev–Trinajstić information content (AvgIpc) is 2.35. The van der Waals surface area contributed by atoms with E-state index in [1.165, 1.54) is 12.1 Å². The smallest absolute Gasteiger partial charge is 0.237 e. The first-order valence-corrected chi connectivity index (χ1v) is 7.12. The van der Waals surface area contributed by atoms with Crippen molar-refractivity contribution in [3.05, 3.63) is 35.6 Å². The zero-order valence-corrected chi connectivity index (χ0v) is 12.7. The highest BCUT2D eigenvalue weighted by atomic mass is 19.1. The van der Waals surface area contributed by atoms with Gasteiger partial charge in [-0.25, -0.2) is 4.39 Å². The molecule has 3 nitrogen and oxygen atoms in total. The van der Waals surface area contributed by atoms with Crippen molar-refractivity contribution in [3.63, 3.8) is 0 Å².